The summed E-state index contributed by atoms with van der Waals surface area (Å²) in [5, 5.41) is 8.66. The van der Waals surface area contributed by atoms with Crippen LogP contribution in [0.15, 0.2) is 12.4 Å². The van der Waals surface area contributed by atoms with Gasteiger partial charge in [0.25, 0.3) is 0 Å². The zero-order valence-corrected chi connectivity index (χ0v) is 6.78. The first-order valence-electron chi connectivity index (χ1n) is 3.65. The summed E-state index contributed by atoms with van der Waals surface area (Å²) in [6, 6.07) is 0. The highest BCUT2D eigenvalue weighted by Gasteiger charge is 1.99. The molecule has 0 amide bonds. The van der Waals surface area contributed by atoms with Gasteiger partial charge in [-0.25, -0.2) is 0 Å². The Labute approximate surface area is 66.1 Å². The number of aliphatic hydroxyl groups is 1. The molecule has 0 radical (unpaired) electrons. The molecule has 0 aliphatic rings. The summed E-state index contributed by atoms with van der Waals surface area (Å²) in [6.45, 7) is 4.08. The monoisotopic (exact) mass is 152 g/mol. The SMILES string of the molecule is CC(C)c1cnc(CO)cn1. The number of nitrogens with zero attached hydrogens (tertiary/aromatic N) is 2. The van der Waals surface area contributed by atoms with E-state index in [1.165, 1.54) is 0 Å². The van der Waals surface area contributed by atoms with E-state index in [-0.39, 0.29) is 6.61 Å². The van der Waals surface area contributed by atoms with Crippen LogP contribution in [0.1, 0.15) is 31.2 Å². The molecule has 0 unspecified atom stereocenters. The Morgan fingerprint density at radius 2 is 2.09 bits per heavy atom. The zero-order chi connectivity index (χ0) is 8.27. The van der Waals surface area contributed by atoms with E-state index >= 15 is 0 Å². The maximum absolute atomic E-state index is 8.66. The highest BCUT2D eigenvalue weighted by molar-refractivity contribution is 5.04. The van der Waals surface area contributed by atoms with Crippen molar-refractivity contribution in [2.75, 3.05) is 0 Å². The summed E-state index contributed by atoms with van der Waals surface area (Å²) in [4.78, 5) is 8.13. The van der Waals surface area contributed by atoms with Crippen molar-refractivity contribution in [3.63, 3.8) is 0 Å². The molecule has 60 valence electrons. The molecule has 0 aromatic carbocycles. The Balaban J connectivity index is 2.83. The van der Waals surface area contributed by atoms with E-state index in [0.717, 1.165) is 5.69 Å². The zero-order valence-electron chi connectivity index (χ0n) is 6.78. The summed E-state index contributed by atoms with van der Waals surface area (Å²) in [7, 11) is 0. The molecule has 0 atom stereocenters. The van der Waals surface area contributed by atoms with Crippen LogP contribution in [-0.2, 0) is 6.61 Å². The summed E-state index contributed by atoms with van der Waals surface area (Å²) in [5.41, 5.74) is 1.58. The Morgan fingerprint density at radius 3 is 2.45 bits per heavy atom. The molecule has 0 saturated heterocycles. The first-order valence-corrected chi connectivity index (χ1v) is 3.65. The fourth-order valence-corrected chi connectivity index (χ4v) is 0.745. The van der Waals surface area contributed by atoms with E-state index in [9.17, 15) is 0 Å². The van der Waals surface area contributed by atoms with Gasteiger partial charge in [0.2, 0.25) is 0 Å². The molecule has 3 nitrogen and oxygen atoms in total. The van der Waals surface area contributed by atoms with Crippen molar-refractivity contribution in [3.05, 3.63) is 23.8 Å². The number of aliphatic hydroxyl groups excluding tert-OH is 1. The molecule has 1 aromatic heterocycles. The molecule has 0 aliphatic carbocycles. The lowest BCUT2D eigenvalue weighted by atomic mass is 10.1. The highest BCUT2D eigenvalue weighted by atomic mass is 16.3. The van der Waals surface area contributed by atoms with Crippen molar-refractivity contribution >= 4 is 0 Å². The van der Waals surface area contributed by atoms with Gasteiger partial charge in [0, 0.05) is 6.20 Å². The van der Waals surface area contributed by atoms with Crippen molar-refractivity contribution in [3.8, 4) is 0 Å². The number of hydrogen-bond acceptors (Lipinski definition) is 3. The molecule has 0 bridgehead atoms. The van der Waals surface area contributed by atoms with Gasteiger partial charge in [0.15, 0.2) is 0 Å². The van der Waals surface area contributed by atoms with Gasteiger partial charge in [0.05, 0.1) is 24.2 Å². The van der Waals surface area contributed by atoms with E-state index in [4.69, 9.17) is 5.11 Å². The first kappa shape index (κ1) is 8.14. The Kier molecular flexibility index (Phi) is 2.54. The van der Waals surface area contributed by atoms with E-state index in [0.29, 0.717) is 11.6 Å². The lowest BCUT2D eigenvalue weighted by Gasteiger charge is -2.02. The third kappa shape index (κ3) is 1.98. The maximum atomic E-state index is 8.66. The van der Waals surface area contributed by atoms with E-state index < -0.39 is 0 Å². The van der Waals surface area contributed by atoms with Crippen LogP contribution in [0.25, 0.3) is 0 Å². The summed E-state index contributed by atoms with van der Waals surface area (Å²) in [5.74, 6) is 0.398. The van der Waals surface area contributed by atoms with E-state index in [2.05, 4.69) is 23.8 Å². The fourth-order valence-electron chi connectivity index (χ4n) is 0.745. The van der Waals surface area contributed by atoms with Crippen LogP contribution in [-0.4, -0.2) is 15.1 Å². The average molecular weight is 152 g/mol. The lowest BCUT2D eigenvalue weighted by Crippen LogP contribution is -1.96. The van der Waals surface area contributed by atoms with Crippen LogP contribution in [0.5, 0.6) is 0 Å². The third-order valence-electron chi connectivity index (χ3n) is 1.48. The minimum atomic E-state index is -0.0363. The van der Waals surface area contributed by atoms with Gasteiger partial charge < -0.3 is 5.11 Å². The van der Waals surface area contributed by atoms with E-state index in [1.807, 2.05) is 0 Å². The molecule has 0 saturated carbocycles. The molecular formula is C8H12N2O. The Bertz CT molecular complexity index is 218. The summed E-state index contributed by atoms with van der Waals surface area (Å²) < 4.78 is 0. The normalized spacial score (nSPS) is 10.5. The summed E-state index contributed by atoms with van der Waals surface area (Å²) >= 11 is 0. The molecule has 1 heterocycles. The Morgan fingerprint density at radius 1 is 1.36 bits per heavy atom. The third-order valence-corrected chi connectivity index (χ3v) is 1.48. The number of aromatic nitrogens is 2. The quantitative estimate of drug-likeness (QED) is 0.690. The van der Waals surface area contributed by atoms with Gasteiger partial charge in [-0.2, -0.15) is 0 Å². The van der Waals surface area contributed by atoms with Crippen molar-refractivity contribution in [2.45, 2.75) is 26.4 Å². The highest BCUT2D eigenvalue weighted by Crippen LogP contribution is 2.08. The van der Waals surface area contributed by atoms with Gasteiger partial charge in [-0.1, -0.05) is 13.8 Å². The molecule has 1 rings (SSSR count). The predicted octanol–water partition coefficient (Wildman–Crippen LogP) is 1.09. The van der Waals surface area contributed by atoms with Gasteiger partial charge in [0.1, 0.15) is 0 Å². The van der Waals surface area contributed by atoms with Crippen LogP contribution < -0.4 is 0 Å². The summed E-state index contributed by atoms with van der Waals surface area (Å²) in [6.07, 6.45) is 3.31. The first-order chi connectivity index (χ1) is 5.24. The van der Waals surface area contributed by atoms with Gasteiger partial charge in [-0.3, -0.25) is 9.97 Å². The standard InChI is InChI=1S/C8H12N2O/c1-6(2)8-4-9-7(5-11)3-10-8/h3-4,6,11H,5H2,1-2H3. The average Bonchev–Trinajstić information content (AvgIpc) is 2.05. The molecule has 0 aliphatic heterocycles. The lowest BCUT2D eigenvalue weighted by molar-refractivity contribution is 0.276. The predicted molar refractivity (Wildman–Crippen MR) is 42.0 cm³/mol. The molecular weight excluding hydrogens is 140 g/mol. The number of hydrogen-bond donors (Lipinski definition) is 1. The van der Waals surface area contributed by atoms with Gasteiger partial charge in [-0.15, -0.1) is 0 Å². The van der Waals surface area contributed by atoms with Crippen molar-refractivity contribution in [1.29, 1.82) is 0 Å². The molecule has 1 aromatic rings. The van der Waals surface area contributed by atoms with Crippen LogP contribution in [0.3, 0.4) is 0 Å². The minimum Gasteiger partial charge on any atom is -0.390 e. The second kappa shape index (κ2) is 3.44. The van der Waals surface area contributed by atoms with Crippen molar-refractivity contribution < 1.29 is 5.11 Å². The van der Waals surface area contributed by atoms with Crippen LogP contribution in [0.4, 0.5) is 0 Å². The molecule has 0 spiro atoms. The molecule has 1 N–H and O–H groups in total. The molecule has 0 fully saturated rings. The van der Waals surface area contributed by atoms with Crippen LogP contribution >= 0.6 is 0 Å². The smallest absolute Gasteiger partial charge is 0.0868 e. The van der Waals surface area contributed by atoms with Crippen molar-refractivity contribution in [1.82, 2.24) is 9.97 Å². The van der Waals surface area contributed by atoms with E-state index in [1.54, 1.807) is 12.4 Å². The molecule has 3 heteroatoms. The van der Waals surface area contributed by atoms with Gasteiger partial charge >= 0.3 is 0 Å². The second-order valence-electron chi connectivity index (χ2n) is 2.75. The fraction of sp³-hybridized carbons (Fsp3) is 0.500. The van der Waals surface area contributed by atoms with Crippen LogP contribution in [0, 0.1) is 0 Å². The number of rotatable bonds is 2. The van der Waals surface area contributed by atoms with Crippen molar-refractivity contribution in [2.24, 2.45) is 0 Å². The second-order valence-corrected chi connectivity index (χ2v) is 2.75. The van der Waals surface area contributed by atoms with Crippen LogP contribution in [0.2, 0.25) is 0 Å². The molecule has 11 heavy (non-hydrogen) atoms. The largest absolute Gasteiger partial charge is 0.390 e. The Hall–Kier alpha value is -0.960. The maximum Gasteiger partial charge on any atom is 0.0868 e. The topological polar surface area (TPSA) is 46.0 Å². The minimum absolute atomic E-state index is 0.0363. The van der Waals surface area contributed by atoms with Gasteiger partial charge in [-0.05, 0) is 5.92 Å².